The van der Waals surface area contributed by atoms with E-state index in [9.17, 15) is 4.79 Å². The van der Waals surface area contributed by atoms with Gasteiger partial charge in [0.1, 0.15) is 0 Å². The number of ether oxygens (including phenoxy) is 1. The topological polar surface area (TPSA) is 29.5 Å². The lowest BCUT2D eigenvalue weighted by Gasteiger charge is -2.31. The molecule has 1 saturated carbocycles. The van der Waals surface area contributed by atoms with E-state index >= 15 is 0 Å². The van der Waals surface area contributed by atoms with Crippen LogP contribution in [-0.4, -0.2) is 30.6 Å². The zero-order valence-electron chi connectivity index (χ0n) is 13.4. The third-order valence-electron chi connectivity index (χ3n) is 5.01. The summed E-state index contributed by atoms with van der Waals surface area (Å²) in [4.78, 5) is 15.0. The molecule has 1 aromatic carbocycles. The van der Waals surface area contributed by atoms with E-state index in [1.165, 1.54) is 37.7 Å². The Kier molecular flexibility index (Phi) is 5.49. The summed E-state index contributed by atoms with van der Waals surface area (Å²) in [6.07, 6.45) is 7.45. The molecule has 3 nitrogen and oxygen atoms in total. The molecule has 1 amide bonds. The van der Waals surface area contributed by atoms with Crippen molar-refractivity contribution in [3.05, 3.63) is 35.9 Å². The van der Waals surface area contributed by atoms with Crippen LogP contribution >= 0.6 is 0 Å². The number of hydrogen-bond acceptors (Lipinski definition) is 2. The van der Waals surface area contributed by atoms with Crippen LogP contribution in [0.1, 0.15) is 44.1 Å². The fourth-order valence-corrected chi connectivity index (χ4v) is 3.71. The van der Waals surface area contributed by atoms with E-state index in [1.54, 1.807) is 0 Å². The van der Waals surface area contributed by atoms with Crippen molar-refractivity contribution in [3.8, 4) is 0 Å². The number of benzene rings is 1. The number of carbonyl (C=O) groups excluding carboxylic acids is 1. The van der Waals surface area contributed by atoms with Gasteiger partial charge in [0.2, 0.25) is 5.91 Å². The standard InChI is InChI=1S/C19H27NO2/c21-19(18-11-12-22-15-18)20(13-16-7-3-1-4-8-16)14-17-9-5-2-6-10-17/h1,3-4,7-8,17-18H,2,5-6,9-15H2/t18-/m0/s1. The Hall–Kier alpha value is -1.35. The average molecular weight is 301 g/mol. The van der Waals surface area contributed by atoms with Gasteiger partial charge < -0.3 is 9.64 Å². The van der Waals surface area contributed by atoms with Gasteiger partial charge in [-0.3, -0.25) is 4.79 Å². The predicted octanol–water partition coefficient (Wildman–Crippen LogP) is 3.63. The lowest BCUT2D eigenvalue weighted by molar-refractivity contribution is -0.137. The highest BCUT2D eigenvalue weighted by atomic mass is 16.5. The summed E-state index contributed by atoms with van der Waals surface area (Å²) in [6, 6.07) is 10.4. The Balaban J connectivity index is 1.67. The van der Waals surface area contributed by atoms with Crippen molar-refractivity contribution in [2.45, 2.75) is 45.1 Å². The minimum Gasteiger partial charge on any atom is -0.381 e. The Morgan fingerprint density at radius 3 is 2.55 bits per heavy atom. The predicted molar refractivity (Wildman–Crippen MR) is 87.4 cm³/mol. The van der Waals surface area contributed by atoms with E-state index in [-0.39, 0.29) is 5.92 Å². The molecule has 0 spiro atoms. The first-order valence-electron chi connectivity index (χ1n) is 8.73. The minimum atomic E-state index is 0.0762. The van der Waals surface area contributed by atoms with Crippen LogP contribution in [0.25, 0.3) is 0 Å². The van der Waals surface area contributed by atoms with Crippen molar-refractivity contribution in [3.63, 3.8) is 0 Å². The second-order valence-corrected chi connectivity index (χ2v) is 6.77. The Morgan fingerprint density at radius 2 is 1.86 bits per heavy atom. The highest BCUT2D eigenvalue weighted by Crippen LogP contribution is 2.26. The van der Waals surface area contributed by atoms with Gasteiger partial charge in [-0.2, -0.15) is 0 Å². The molecular weight excluding hydrogens is 274 g/mol. The molecule has 1 heterocycles. The molecule has 0 radical (unpaired) electrons. The molecular formula is C19H27NO2. The van der Waals surface area contributed by atoms with Gasteiger partial charge in [0.05, 0.1) is 12.5 Å². The van der Waals surface area contributed by atoms with E-state index < -0.39 is 0 Å². The Labute approximate surface area is 133 Å². The zero-order valence-corrected chi connectivity index (χ0v) is 13.4. The highest BCUT2D eigenvalue weighted by molar-refractivity contribution is 5.79. The number of rotatable bonds is 5. The summed E-state index contributed by atoms with van der Waals surface area (Å²) in [6.45, 7) is 3.00. The first kappa shape index (κ1) is 15.5. The quantitative estimate of drug-likeness (QED) is 0.831. The summed E-state index contributed by atoms with van der Waals surface area (Å²) in [5.74, 6) is 1.06. The van der Waals surface area contributed by atoms with Crippen molar-refractivity contribution in [1.82, 2.24) is 4.90 Å². The van der Waals surface area contributed by atoms with E-state index in [4.69, 9.17) is 4.74 Å². The van der Waals surface area contributed by atoms with Gasteiger partial charge in [-0.25, -0.2) is 0 Å². The molecule has 1 saturated heterocycles. The van der Waals surface area contributed by atoms with Gasteiger partial charge in [0, 0.05) is 19.7 Å². The fraction of sp³-hybridized carbons (Fsp3) is 0.632. The van der Waals surface area contributed by atoms with E-state index in [2.05, 4.69) is 29.2 Å². The first-order chi connectivity index (χ1) is 10.8. The van der Waals surface area contributed by atoms with Crippen molar-refractivity contribution in [2.24, 2.45) is 11.8 Å². The maximum atomic E-state index is 12.9. The van der Waals surface area contributed by atoms with Crippen LogP contribution in [0.3, 0.4) is 0 Å². The largest absolute Gasteiger partial charge is 0.381 e. The molecule has 0 unspecified atom stereocenters. The molecule has 0 bridgehead atoms. The summed E-state index contributed by atoms with van der Waals surface area (Å²) in [7, 11) is 0. The summed E-state index contributed by atoms with van der Waals surface area (Å²) in [5.41, 5.74) is 1.23. The average Bonchev–Trinajstić information content (AvgIpc) is 3.10. The summed E-state index contributed by atoms with van der Waals surface area (Å²) >= 11 is 0. The van der Waals surface area contributed by atoms with Crippen LogP contribution in [0.2, 0.25) is 0 Å². The molecule has 22 heavy (non-hydrogen) atoms. The first-order valence-corrected chi connectivity index (χ1v) is 8.73. The molecule has 1 atom stereocenters. The third-order valence-corrected chi connectivity index (χ3v) is 5.01. The van der Waals surface area contributed by atoms with Crippen LogP contribution in [-0.2, 0) is 16.1 Å². The van der Waals surface area contributed by atoms with Crippen molar-refractivity contribution >= 4 is 5.91 Å². The third kappa shape index (κ3) is 4.10. The molecule has 0 aromatic heterocycles. The normalized spacial score (nSPS) is 22.6. The monoisotopic (exact) mass is 301 g/mol. The molecule has 1 aromatic rings. The van der Waals surface area contributed by atoms with Gasteiger partial charge in [0.15, 0.2) is 0 Å². The van der Waals surface area contributed by atoms with Crippen LogP contribution in [0.5, 0.6) is 0 Å². The van der Waals surface area contributed by atoms with Gasteiger partial charge in [0.25, 0.3) is 0 Å². The molecule has 2 fully saturated rings. The van der Waals surface area contributed by atoms with E-state index in [0.717, 1.165) is 26.1 Å². The zero-order chi connectivity index (χ0) is 15.2. The number of hydrogen-bond donors (Lipinski definition) is 0. The smallest absolute Gasteiger partial charge is 0.228 e. The lowest BCUT2D eigenvalue weighted by atomic mass is 9.88. The molecule has 120 valence electrons. The van der Waals surface area contributed by atoms with Crippen LogP contribution in [0.4, 0.5) is 0 Å². The van der Waals surface area contributed by atoms with Crippen LogP contribution in [0, 0.1) is 11.8 Å². The number of amides is 1. The summed E-state index contributed by atoms with van der Waals surface area (Å²) in [5, 5.41) is 0. The lowest BCUT2D eigenvalue weighted by Crippen LogP contribution is -2.39. The van der Waals surface area contributed by atoms with Gasteiger partial charge in [-0.05, 0) is 30.7 Å². The second kappa shape index (κ2) is 7.77. The van der Waals surface area contributed by atoms with Crippen molar-refractivity contribution in [1.29, 1.82) is 0 Å². The Bertz CT molecular complexity index is 462. The maximum Gasteiger partial charge on any atom is 0.228 e. The Morgan fingerprint density at radius 1 is 1.09 bits per heavy atom. The van der Waals surface area contributed by atoms with Gasteiger partial charge in [-0.1, -0.05) is 49.6 Å². The molecule has 1 aliphatic heterocycles. The summed E-state index contributed by atoms with van der Waals surface area (Å²) < 4.78 is 5.42. The van der Waals surface area contributed by atoms with Crippen LogP contribution < -0.4 is 0 Å². The van der Waals surface area contributed by atoms with Gasteiger partial charge in [-0.15, -0.1) is 0 Å². The van der Waals surface area contributed by atoms with Crippen LogP contribution in [0.15, 0.2) is 30.3 Å². The number of carbonyl (C=O) groups is 1. The molecule has 0 N–H and O–H groups in total. The minimum absolute atomic E-state index is 0.0762. The van der Waals surface area contributed by atoms with E-state index in [0.29, 0.717) is 18.4 Å². The fourth-order valence-electron chi connectivity index (χ4n) is 3.71. The molecule has 1 aliphatic carbocycles. The molecule has 3 heteroatoms. The molecule has 2 aliphatic rings. The second-order valence-electron chi connectivity index (χ2n) is 6.77. The highest BCUT2D eigenvalue weighted by Gasteiger charge is 2.29. The number of nitrogens with zero attached hydrogens (tertiary/aromatic N) is 1. The van der Waals surface area contributed by atoms with Crippen molar-refractivity contribution < 1.29 is 9.53 Å². The van der Waals surface area contributed by atoms with E-state index in [1.807, 2.05) is 6.07 Å². The maximum absolute atomic E-state index is 12.9. The van der Waals surface area contributed by atoms with Crippen molar-refractivity contribution in [2.75, 3.05) is 19.8 Å². The SMILES string of the molecule is O=C([C@H]1CCOC1)N(Cc1ccccc1)CC1CCCCC1. The molecule has 3 rings (SSSR count). The van der Waals surface area contributed by atoms with Gasteiger partial charge >= 0.3 is 0 Å².